The Morgan fingerprint density at radius 2 is 1.88 bits per heavy atom. The van der Waals surface area contributed by atoms with Gasteiger partial charge in [0, 0.05) is 22.1 Å². The maximum atomic E-state index is 9.27. The molecule has 84 valence electrons. The van der Waals surface area contributed by atoms with Crippen molar-refractivity contribution in [2.75, 3.05) is 11.9 Å². The lowest BCUT2D eigenvalue weighted by molar-refractivity contribution is 0.208. The fraction of sp³-hybridized carbons (Fsp3) is 0.231. The molecule has 2 aromatic rings. The third kappa shape index (κ3) is 2.36. The molecule has 0 aliphatic carbocycles. The monoisotopic (exact) mass is 279 g/mol. The van der Waals surface area contributed by atoms with Crippen LogP contribution >= 0.6 is 15.9 Å². The molecule has 2 nitrogen and oxygen atoms in total. The fourth-order valence-electron chi connectivity index (χ4n) is 1.67. The molecule has 0 amide bonds. The van der Waals surface area contributed by atoms with E-state index in [1.807, 2.05) is 24.3 Å². The van der Waals surface area contributed by atoms with E-state index in [0.717, 1.165) is 15.5 Å². The van der Waals surface area contributed by atoms with Gasteiger partial charge < -0.3 is 10.4 Å². The lowest BCUT2D eigenvalue weighted by Crippen LogP contribution is -2.15. The van der Waals surface area contributed by atoms with Gasteiger partial charge in [0.2, 0.25) is 0 Å². The highest BCUT2D eigenvalue weighted by Crippen LogP contribution is 2.29. The second kappa shape index (κ2) is 4.85. The first-order valence-electron chi connectivity index (χ1n) is 5.27. The lowest BCUT2D eigenvalue weighted by atomic mass is 10.1. The molecule has 3 heteroatoms. The highest BCUT2D eigenvalue weighted by atomic mass is 79.9. The molecule has 0 saturated carbocycles. The van der Waals surface area contributed by atoms with Crippen LogP contribution < -0.4 is 5.32 Å². The molecule has 0 aromatic heterocycles. The first kappa shape index (κ1) is 11.4. The Bertz CT molecular complexity index is 496. The average molecular weight is 280 g/mol. The maximum Gasteiger partial charge on any atom is 0.0684 e. The Labute approximate surface area is 103 Å². The summed E-state index contributed by atoms with van der Waals surface area (Å²) < 4.78 is 1.09. The number of hydrogen-bond donors (Lipinski definition) is 2. The van der Waals surface area contributed by atoms with Crippen LogP contribution in [0.4, 0.5) is 5.69 Å². The van der Waals surface area contributed by atoms with E-state index < -0.39 is 0 Å². The number of halogens is 1. The minimum atomic E-state index is -0.345. The van der Waals surface area contributed by atoms with Crippen molar-refractivity contribution in [3.05, 3.63) is 40.9 Å². The minimum absolute atomic E-state index is 0.345. The first-order valence-corrected chi connectivity index (χ1v) is 6.07. The molecule has 0 aliphatic heterocycles. The van der Waals surface area contributed by atoms with Gasteiger partial charge in [-0.05, 0) is 24.4 Å². The summed E-state index contributed by atoms with van der Waals surface area (Å²) in [5, 5.41) is 14.9. The molecular weight excluding hydrogens is 266 g/mol. The number of fused-ring (bicyclic) bond motifs is 1. The predicted molar refractivity (Wildman–Crippen MR) is 71.8 cm³/mol. The van der Waals surface area contributed by atoms with E-state index in [9.17, 15) is 5.11 Å². The molecule has 16 heavy (non-hydrogen) atoms. The van der Waals surface area contributed by atoms with Crippen molar-refractivity contribution in [1.29, 1.82) is 0 Å². The van der Waals surface area contributed by atoms with Gasteiger partial charge in [0.1, 0.15) is 0 Å². The van der Waals surface area contributed by atoms with Crippen LogP contribution in [0.5, 0.6) is 0 Å². The van der Waals surface area contributed by atoms with Crippen molar-refractivity contribution in [1.82, 2.24) is 0 Å². The molecule has 2 N–H and O–H groups in total. The summed E-state index contributed by atoms with van der Waals surface area (Å²) in [4.78, 5) is 0. The van der Waals surface area contributed by atoms with Gasteiger partial charge in [0.15, 0.2) is 0 Å². The Kier molecular flexibility index (Phi) is 3.46. The van der Waals surface area contributed by atoms with Crippen LogP contribution in [0.25, 0.3) is 10.8 Å². The van der Waals surface area contributed by atoms with Crippen molar-refractivity contribution in [2.45, 2.75) is 13.0 Å². The van der Waals surface area contributed by atoms with Gasteiger partial charge in [-0.2, -0.15) is 0 Å². The molecule has 1 unspecified atom stereocenters. The van der Waals surface area contributed by atoms with Crippen LogP contribution in [0.2, 0.25) is 0 Å². The standard InChI is InChI=1S/C13H14BrNO/c1-9(16)8-15-13-7-6-12(14)10-4-2-3-5-11(10)13/h2-7,9,15-16H,8H2,1H3. The van der Waals surface area contributed by atoms with E-state index >= 15 is 0 Å². The molecular formula is C13H14BrNO. The molecule has 2 rings (SSSR count). The van der Waals surface area contributed by atoms with Gasteiger partial charge in [-0.3, -0.25) is 0 Å². The van der Waals surface area contributed by atoms with Crippen LogP contribution in [-0.4, -0.2) is 17.8 Å². The number of rotatable bonds is 3. The van der Waals surface area contributed by atoms with E-state index in [4.69, 9.17) is 0 Å². The number of nitrogens with one attached hydrogen (secondary N) is 1. The maximum absolute atomic E-state index is 9.27. The summed E-state index contributed by atoms with van der Waals surface area (Å²) in [5.41, 5.74) is 1.06. The highest BCUT2D eigenvalue weighted by Gasteiger charge is 2.04. The van der Waals surface area contributed by atoms with E-state index in [1.165, 1.54) is 5.39 Å². The van der Waals surface area contributed by atoms with Crippen molar-refractivity contribution >= 4 is 32.4 Å². The second-order valence-electron chi connectivity index (χ2n) is 3.87. The van der Waals surface area contributed by atoms with Gasteiger partial charge in [-0.25, -0.2) is 0 Å². The van der Waals surface area contributed by atoms with E-state index in [0.29, 0.717) is 6.54 Å². The Balaban J connectivity index is 2.42. The minimum Gasteiger partial charge on any atom is -0.392 e. The summed E-state index contributed by atoms with van der Waals surface area (Å²) in [6, 6.07) is 12.2. The zero-order valence-electron chi connectivity index (χ0n) is 9.07. The number of hydrogen-bond acceptors (Lipinski definition) is 2. The molecule has 0 saturated heterocycles. The molecule has 0 radical (unpaired) electrons. The topological polar surface area (TPSA) is 32.3 Å². The van der Waals surface area contributed by atoms with Crippen LogP contribution in [0.3, 0.4) is 0 Å². The van der Waals surface area contributed by atoms with E-state index in [-0.39, 0.29) is 6.10 Å². The molecule has 0 aliphatic rings. The Morgan fingerprint density at radius 3 is 2.56 bits per heavy atom. The molecule has 1 atom stereocenters. The predicted octanol–water partition coefficient (Wildman–Crippen LogP) is 3.40. The molecule has 0 bridgehead atoms. The fourth-order valence-corrected chi connectivity index (χ4v) is 2.15. The highest BCUT2D eigenvalue weighted by molar-refractivity contribution is 9.10. The number of aliphatic hydroxyl groups excluding tert-OH is 1. The van der Waals surface area contributed by atoms with Crippen LogP contribution in [0.1, 0.15) is 6.92 Å². The van der Waals surface area contributed by atoms with E-state index in [1.54, 1.807) is 6.92 Å². The van der Waals surface area contributed by atoms with Crippen molar-refractivity contribution in [2.24, 2.45) is 0 Å². The van der Waals surface area contributed by atoms with Crippen LogP contribution in [-0.2, 0) is 0 Å². The van der Waals surface area contributed by atoms with Gasteiger partial charge in [0.25, 0.3) is 0 Å². The summed E-state index contributed by atoms with van der Waals surface area (Å²) in [5.74, 6) is 0. The van der Waals surface area contributed by atoms with Gasteiger partial charge in [-0.15, -0.1) is 0 Å². The number of anilines is 1. The normalized spacial score (nSPS) is 12.7. The third-order valence-corrected chi connectivity index (χ3v) is 3.15. The molecule has 0 spiro atoms. The molecule has 0 heterocycles. The summed E-state index contributed by atoms with van der Waals surface area (Å²) in [6.45, 7) is 2.33. The zero-order chi connectivity index (χ0) is 11.5. The van der Waals surface area contributed by atoms with Crippen molar-refractivity contribution in [3.63, 3.8) is 0 Å². The SMILES string of the molecule is CC(O)CNc1ccc(Br)c2ccccc12. The van der Waals surface area contributed by atoms with Gasteiger partial charge in [-0.1, -0.05) is 40.2 Å². The lowest BCUT2D eigenvalue weighted by Gasteiger charge is -2.12. The number of aliphatic hydroxyl groups is 1. The van der Waals surface area contributed by atoms with Crippen molar-refractivity contribution < 1.29 is 5.11 Å². The molecule has 2 aromatic carbocycles. The summed E-state index contributed by atoms with van der Waals surface area (Å²) in [6.07, 6.45) is -0.345. The third-order valence-electron chi connectivity index (χ3n) is 2.46. The van der Waals surface area contributed by atoms with Gasteiger partial charge in [0.05, 0.1) is 6.10 Å². The van der Waals surface area contributed by atoms with E-state index in [2.05, 4.69) is 33.4 Å². The van der Waals surface area contributed by atoms with Crippen molar-refractivity contribution in [3.8, 4) is 0 Å². The Morgan fingerprint density at radius 1 is 1.19 bits per heavy atom. The summed E-state index contributed by atoms with van der Waals surface area (Å²) >= 11 is 3.53. The second-order valence-corrected chi connectivity index (χ2v) is 4.72. The average Bonchev–Trinajstić information content (AvgIpc) is 2.28. The largest absolute Gasteiger partial charge is 0.392 e. The first-order chi connectivity index (χ1) is 7.68. The van der Waals surface area contributed by atoms with Crippen LogP contribution in [0, 0.1) is 0 Å². The summed E-state index contributed by atoms with van der Waals surface area (Å²) in [7, 11) is 0. The Hall–Kier alpha value is -1.06. The van der Waals surface area contributed by atoms with Gasteiger partial charge >= 0.3 is 0 Å². The molecule has 0 fully saturated rings. The smallest absolute Gasteiger partial charge is 0.0684 e. The zero-order valence-corrected chi connectivity index (χ0v) is 10.7. The quantitative estimate of drug-likeness (QED) is 0.903. The van der Waals surface area contributed by atoms with Crippen LogP contribution in [0.15, 0.2) is 40.9 Å². The number of benzene rings is 2.